The van der Waals surface area contributed by atoms with Gasteiger partial charge in [-0.2, -0.15) is 0 Å². The van der Waals surface area contributed by atoms with Crippen LogP contribution in [0.3, 0.4) is 0 Å². The number of ether oxygens (including phenoxy) is 2. The summed E-state index contributed by atoms with van der Waals surface area (Å²) >= 11 is 0. The summed E-state index contributed by atoms with van der Waals surface area (Å²) in [5.74, 6) is 1.18. The van der Waals surface area contributed by atoms with Gasteiger partial charge in [-0.05, 0) is 42.7 Å². The van der Waals surface area contributed by atoms with Crippen molar-refractivity contribution in [3.05, 3.63) is 97.1 Å². The van der Waals surface area contributed by atoms with Crippen LogP contribution in [0.25, 0.3) is 0 Å². The van der Waals surface area contributed by atoms with Gasteiger partial charge in [0.2, 0.25) is 5.91 Å². The van der Waals surface area contributed by atoms with Crippen molar-refractivity contribution in [1.29, 1.82) is 0 Å². The number of carbonyl (C=O) groups is 1. The SMILES string of the molecule is C=CCOc1ccccc1NCC(=O)Nc1ccccc1OCCCc1ccccc1. The Morgan fingerprint density at radius 1 is 0.839 bits per heavy atom. The summed E-state index contributed by atoms with van der Waals surface area (Å²) in [5, 5.41) is 6.04. The van der Waals surface area contributed by atoms with Crippen molar-refractivity contribution in [3.63, 3.8) is 0 Å². The first-order chi connectivity index (χ1) is 15.3. The number of anilines is 2. The van der Waals surface area contributed by atoms with E-state index in [2.05, 4.69) is 29.3 Å². The van der Waals surface area contributed by atoms with Crippen molar-refractivity contribution in [2.45, 2.75) is 12.8 Å². The first-order valence-corrected chi connectivity index (χ1v) is 10.4. The van der Waals surface area contributed by atoms with Crippen molar-refractivity contribution in [2.24, 2.45) is 0 Å². The van der Waals surface area contributed by atoms with Gasteiger partial charge >= 0.3 is 0 Å². The second-order valence-electron chi connectivity index (χ2n) is 6.93. The number of para-hydroxylation sites is 4. The Hall–Kier alpha value is -3.73. The van der Waals surface area contributed by atoms with Crippen LogP contribution in [-0.2, 0) is 11.2 Å². The highest BCUT2D eigenvalue weighted by atomic mass is 16.5. The highest BCUT2D eigenvalue weighted by Crippen LogP contribution is 2.25. The smallest absolute Gasteiger partial charge is 0.243 e. The molecule has 1 amide bonds. The summed E-state index contributed by atoms with van der Waals surface area (Å²) in [4.78, 5) is 12.5. The van der Waals surface area contributed by atoms with Crippen molar-refractivity contribution >= 4 is 17.3 Å². The van der Waals surface area contributed by atoms with E-state index < -0.39 is 0 Å². The molecule has 0 bridgehead atoms. The molecule has 31 heavy (non-hydrogen) atoms. The molecule has 0 aromatic heterocycles. The second kappa shape index (κ2) is 12.1. The van der Waals surface area contributed by atoms with Gasteiger partial charge in [0.25, 0.3) is 0 Å². The summed E-state index contributed by atoms with van der Waals surface area (Å²) in [7, 11) is 0. The van der Waals surface area contributed by atoms with Gasteiger partial charge < -0.3 is 20.1 Å². The maximum atomic E-state index is 12.5. The molecule has 0 heterocycles. The van der Waals surface area contributed by atoms with Crippen LogP contribution in [0.2, 0.25) is 0 Å². The fourth-order valence-corrected chi connectivity index (χ4v) is 3.06. The monoisotopic (exact) mass is 416 g/mol. The number of aryl methyl sites for hydroxylation is 1. The van der Waals surface area contributed by atoms with Crippen molar-refractivity contribution in [1.82, 2.24) is 0 Å². The molecule has 0 saturated heterocycles. The molecule has 0 radical (unpaired) electrons. The summed E-state index contributed by atoms with van der Waals surface area (Å²) in [6.07, 6.45) is 3.53. The lowest BCUT2D eigenvalue weighted by atomic mass is 10.1. The number of benzene rings is 3. The largest absolute Gasteiger partial charge is 0.491 e. The Kier molecular flexibility index (Phi) is 8.56. The predicted molar refractivity (Wildman–Crippen MR) is 126 cm³/mol. The second-order valence-corrected chi connectivity index (χ2v) is 6.93. The van der Waals surface area contributed by atoms with Gasteiger partial charge in [-0.25, -0.2) is 0 Å². The zero-order valence-electron chi connectivity index (χ0n) is 17.6. The van der Waals surface area contributed by atoms with Crippen LogP contribution >= 0.6 is 0 Å². The van der Waals surface area contributed by atoms with E-state index in [9.17, 15) is 4.79 Å². The van der Waals surface area contributed by atoms with Crippen LogP contribution in [0, 0.1) is 0 Å². The molecule has 5 nitrogen and oxygen atoms in total. The van der Waals surface area contributed by atoms with E-state index in [1.165, 1.54) is 5.56 Å². The standard InChI is InChI=1S/C26H28N2O3/c1-2-18-30-24-16-8-6-14-22(24)27-20-26(29)28-23-15-7-9-17-25(23)31-19-10-13-21-11-4-3-5-12-21/h2-9,11-12,14-17,27H,1,10,13,18-20H2,(H,28,29). The number of carbonyl (C=O) groups excluding carboxylic acids is 1. The lowest BCUT2D eigenvalue weighted by Gasteiger charge is -2.14. The fraction of sp³-hybridized carbons (Fsp3) is 0.192. The highest BCUT2D eigenvalue weighted by molar-refractivity contribution is 5.95. The maximum Gasteiger partial charge on any atom is 0.243 e. The van der Waals surface area contributed by atoms with E-state index in [-0.39, 0.29) is 12.5 Å². The zero-order chi connectivity index (χ0) is 21.7. The lowest BCUT2D eigenvalue weighted by molar-refractivity contribution is -0.114. The van der Waals surface area contributed by atoms with Gasteiger partial charge in [0.05, 0.1) is 24.5 Å². The van der Waals surface area contributed by atoms with Gasteiger partial charge in [-0.1, -0.05) is 67.3 Å². The van der Waals surface area contributed by atoms with Crippen LogP contribution in [0.15, 0.2) is 91.5 Å². The minimum Gasteiger partial charge on any atom is -0.491 e. The molecule has 3 rings (SSSR count). The molecule has 0 aliphatic carbocycles. The van der Waals surface area contributed by atoms with Crippen LogP contribution in [0.4, 0.5) is 11.4 Å². The molecular weight excluding hydrogens is 388 g/mol. The van der Waals surface area contributed by atoms with Gasteiger partial charge in [0.15, 0.2) is 0 Å². The Morgan fingerprint density at radius 2 is 1.48 bits per heavy atom. The Balaban J connectivity index is 1.49. The van der Waals surface area contributed by atoms with E-state index in [1.54, 1.807) is 6.08 Å². The predicted octanol–water partition coefficient (Wildman–Crippen LogP) is 5.31. The van der Waals surface area contributed by atoms with Crippen molar-refractivity contribution < 1.29 is 14.3 Å². The van der Waals surface area contributed by atoms with Gasteiger partial charge in [0, 0.05) is 0 Å². The molecule has 3 aromatic rings. The first-order valence-electron chi connectivity index (χ1n) is 10.4. The van der Waals surface area contributed by atoms with Crippen LogP contribution in [-0.4, -0.2) is 25.7 Å². The van der Waals surface area contributed by atoms with Crippen molar-refractivity contribution in [3.8, 4) is 11.5 Å². The molecular formula is C26H28N2O3. The quantitative estimate of drug-likeness (QED) is 0.310. The van der Waals surface area contributed by atoms with Crippen LogP contribution in [0.5, 0.6) is 11.5 Å². The molecule has 0 spiro atoms. The molecule has 0 fully saturated rings. The van der Waals surface area contributed by atoms with E-state index in [4.69, 9.17) is 9.47 Å². The minimum atomic E-state index is -0.168. The molecule has 0 atom stereocenters. The molecule has 3 aromatic carbocycles. The molecule has 160 valence electrons. The Labute approximate surface area is 183 Å². The zero-order valence-corrected chi connectivity index (χ0v) is 17.6. The third-order valence-corrected chi connectivity index (χ3v) is 4.55. The summed E-state index contributed by atoms with van der Waals surface area (Å²) < 4.78 is 11.5. The molecule has 0 aliphatic heterocycles. The average molecular weight is 417 g/mol. The average Bonchev–Trinajstić information content (AvgIpc) is 2.81. The van der Waals surface area contributed by atoms with E-state index in [1.807, 2.05) is 66.7 Å². The number of hydrogen-bond donors (Lipinski definition) is 2. The van der Waals surface area contributed by atoms with Crippen LogP contribution in [0.1, 0.15) is 12.0 Å². The van der Waals surface area contributed by atoms with Gasteiger partial charge in [-0.3, -0.25) is 4.79 Å². The van der Waals surface area contributed by atoms with Gasteiger partial charge in [0.1, 0.15) is 18.1 Å². The first kappa shape index (κ1) is 22.0. The Bertz CT molecular complexity index is 973. The molecule has 5 heteroatoms. The van der Waals surface area contributed by atoms with Gasteiger partial charge in [-0.15, -0.1) is 0 Å². The summed E-state index contributed by atoms with van der Waals surface area (Å²) in [6.45, 7) is 4.74. The van der Waals surface area contributed by atoms with E-state index >= 15 is 0 Å². The molecule has 0 unspecified atom stereocenters. The normalized spacial score (nSPS) is 10.2. The third kappa shape index (κ3) is 7.23. The Morgan fingerprint density at radius 3 is 2.23 bits per heavy atom. The van der Waals surface area contributed by atoms with E-state index in [0.717, 1.165) is 18.5 Å². The summed E-state index contributed by atoms with van der Waals surface area (Å²) in [5.41, 5.74) is 2.70. The number of amides is 1. The summed E-state index contributed by atoms with van der Waals surface area (Å²) in [6, 6.07) is 25.3. The number of nitrogens with one attached hydrogen (secondary N) is 2. The molecule has 0 saturated carbocycles. The number of rotatable bonds is 12. The molecule has 2 N–H and O–H groups in total. The fourth-order valence-electron chi connectivity index (χ4n) is 3.06. The number of hydrogen-bond acceptors (Lipinski definition) is 4. The minimum absolute atomic E-state index is 0.108. The topological polar surface area (TPSA) is 59.6 Å². The van der Waals surface area contributed by atoms with Crippen molar-refractivity contribution in [2.75, 3.05) is 30.4 Å². The molecule has 0 aliphatic rings. The lowest BCUT2D eigenvalue weighted by Crippen LogP contribution is -2.22. The van der Waals surface area contributed by atoms with E-state index in [0.29, 0.717) is 30.4 Å². The third-order valence-electron chi connectivity index (χ3n) is 4.55. The maximum absolute atomic E-state index is 12.5. The van der Waals surface area contributed by atoms with Crippen LogP contribution < -0.4 is 20.1 Å². The highest BCUT2D eigenvalue weighted by Gasteiger charge is 2.09.